The van der Waals surface area contributed by atoms with E-state index in [1.807, 2.05) is 0 Å². The molecule has 6 aromatic carbocycles. The van der Waals surface area contributed by atoms with E-state index in [1.54, 1.807) is 0 Å². The van der Waals surface area contributed by atoms with Gasteiger partial charge in [0, 0.05) is 33.9 Å². The van der Waals surface area contributed by atoms with Crippen LogP contribution in [0.25, 0.3) is 22.3 Å². The van der Waals surface area contributed by atoms with E-state index >= 15 is 0 Å². The average molecular weight is 565 g/mol. The summed E-state index contributed by atoms with van der Waals surface area (Å²) in [6.45, 7) is 2.22. The van der Waals surface area contributed by atoms with Crippen molar-refractivity contribution < 1.29 is 0 Å². The molecule has 210 valence electrons. The van der Waals surface area contributed by atoms with E-state index in [-0.39, 0.29) is 6.85 Å². The minimum Gasteiger partial charge on any atom is -0.376 e. The molecule has 6 aromatic rings. The van der Waals surface area contributed by atoms with Crippen molar-refractivity contribution in [2.24, 2.45) is 0 Å². The molecule has 0 aromatic heterocycles. The third kappa shape index (κ3) is 3.75. The fourth-order valence-electron chi connectivity index (χ4n) is 7.98. The van der Waals surface area contributed by atoms with Crippen LogP contribution in [0.2, 0.25) is 0 Å². The zero-order valence-electron chi connectivity index (χ0n) is 25.0. The van der Waals surface area contributed by atoms with Gasteiger partial charge in [-0.15, -0.1) is 0 Å². The van der Waals surface area contributed by atoms with E-state index in [9.17, 15) is 0 Å². The summed E-state index contributed by atoms with van der Waals surface area (Å²) in [7, 11) is 0. The van der Waals surface area contributed by atoms with E-state index in [0.717, 1.165) is 12.8 Å². The van der Waals surface area contributed by atoms with Gasteiger partial charge in [-0.2, -0.15) is 0 Å². The van der Waals surface area contributed by atoms with Gasteiger partial charge in [0.15, 0.2) is 0 Å². The molecule has 0 N–H and O–H groups in total. The third-order valence-electron chi connectivity index (χ3n) is 9.91. The molecule has 0 radical (unpaired) electrons. The second-order valence-corrected chi connectivity index (χ2v) is 12.4. The van der Waals surface area contributed by atoms with Crippen molar-refractivity contribution >= 4 is 46.2 Å². The molecule has 9 rings (SSSR count). The SMILES string of the molecule is Cc1ccc(N2B3c4ccccc4N(c4ccc5c(c4-c4ccccc4)CCCC5)c4cccc(c43)-c3ccccc32)cc1. The van der Waals surface area contributed by atoms with Gasteiger partial charge in [-0.1, -0.05) is 103 Å². The molecule has 0 fully saturated rings. The summed E-state index contributed by atoms with van der Waals surface area (Å²) in [4.78, 5) is 5.14. The second kappa shape index (κ2) is 10.0. The Balaban J connectivity index is 1.36. The van der Waals surface area contributed by atoms with Crippen molar-refractivity contribution in [3.8, 4) is 22.3 Å². The lowest BCUT2D eigenvalue weighted by atomic mass is 9.43. The molecular weight excluding hydrogens is 531 g/mol. The number of nitrogens with zero attached hydrogens (tertiary/aromatic N) is 2. The van der Waals surface area contributed by atoms with E-state index in [4.69, 9.17) is 0 Å². The molecule has 2 nitrogen and oxygen atoms in total. The molecule has 0 unspecified atom stereocenters. The molecule has 44 heavy (non-hydrogen) atoms. The first-order chi connectivity index (χ1) is 21.8. The van der Waals surface area contributed by atoms with Crippen LogP contribution in [0.5, 0.6) is 0 Å². The normalized spacial score (nSPS) is 14.4. The van der Waals surface area contributed by atoms with Crippen molar-refractivity contribution in [3.05, 3.63) is 150 Å². The Hall–Kier alpha value is -5.02. The van der Waals surface area contributed by atoms with E-state index < -0.39 is 0 Å². The van der Waals surface area contributed by atoms with Crippen molar-refractivity contribution in [1.29, 1.82) is 0 Å². The Morgan fingerprint density at radius 2 is 1.25 bits per heavy atom. The number of rotatable bonds is 3. The molecular formula is C41H33BN2. The molecule has 2 aliphatic heterocycles. The number of fused-ring (bicyclic) bond motifs is 5. The third-order valence-corrected chi connectivity index (χ3v) is 9.91. The minimum absolute atomic E-state index is 0.0593. The lowest BCUT2D eigenvalue weighted by Gasteiger charge is -2.46. The second-order valence-electron chi connectivity index (χ2n) is 12.4. The zero-order chi connectivity index (χ0) is 29.2. The summed E-state index contributed by atoms with van der Waals surface area (Å²) in [5.74, 6) is 0. The van der Waals surface area contributed by atoms with Crippen LogP contribution in [-0.4, -0.2) is 6.85 Å². The first-order valence-electron chi connectivity index (χ1n) is 16.0. The topological polar surface area (TPSA) is 6.48 Å². The van der Waals surface area contributed by atoms with Gasteiger partial charge in [0.2, 0.25) is 0 Å². The van der Waals surface area contributed by atoms with Crippen molar-refractivity contribution in [3.63, 3.8) is 0 Å². The van der Waals surface area contributed by atoms with Crippen LogP contribution in [-0.2, 0) is 12.8 Å². The summed E-state index contributed by atoms with van der Waals surface area (Å²) in [5.41, 5.74) is 18.6. The van der Waals surface area contributed by atoms with Crippen molar-refractivity contribution in [2.45, 2.75) is 32.6 Å². The van der Waals surface area contributed by atoms with Crippen LogP contribution in [0, 0.1) is 6.92 Å². The highest BCUT2D eigenvalue weighted by molar-refractivity contribution is 6.93. The Morgan fingerprint density at radius 1 is 0.545 bits per heavy atom. The van der Waals surface area contributed by atoms with Crippen molar-refractivity contribution in [2.75, 3.05) is 9.71 Å². The minimum atomic E-state index is 0.0593. The molecule has 2 heterocycles. The quantitative estimate of drug-likeness (QED) is 0.198. The maximum Gasteiger partial charge on any atom is 0.333 e. The summed E-state index contributed by atoms with van der Waals surface area (Å²) >= 11 is 0. The smallest absolute Gasteiger partial charge is 0.333 e. The number of para-hydroxylation sites is 2. The number of aryl methyl sites for hydroxylation is 2. The van der Waals surface area contributed by atoms with Crippen LogP contribution in [0.4, 0.5) is 28.4 Å². The van der Waals surface area contributed by atoms with Gasteiger partial charge >= 0.3 is 6.85 Å². The van der Waals surface area contributed by atoms with E-state index in [2.05, 4.69) is 150 Å². The highest BCUT2D eigenvalue weighted by atomic mass is 15.2. The Labute approximate surface area is 260 Å². The van der Waals surface area contributed by atoms with Crippen LogP contribution in [0.15, 0.2) is 133 Å². The molecule has 3 heteroatoms. The van der Waals surface area contributed by atoms with E-state index in [1.165, 1.54) is 91.1 Å². The lowest BCUT2D eigenvalue weighted by molar-refractivity contribution is 0.687. The first kappa shape index (κ1) is 25.5. The van der Waals surface area contributed by atoms with Crippen LogP contribution >= 0.6 is 0 Å². The molecule has 0 saturated carbocycles. The maximum atomic E-state index is 2.57. The maximum absolute atomic E-state index is 2.57. The standard InChI is InChI=1S/C41H33BN2/c1-28-22-25-31(26-23-28)44-36-19-9-7-16-33(36)34-17-11-21-39-41(34)42(44)35-18-8-10-20-37(35)43(39)38-27-24-29-12-5-6-15-32(29)40(38)30-13-3-2-4-14-30/h2-4,7-11,13-14,16-27H,5-6,12,15H2,1H3. The largest absolute Gasteiger partial charge is 0.376 e. The highest BCUT2D eigenvalue weighted by Gasteiger charge is 2.45. The van der Waals surface area contributed by atoms with Gasteiger partial charge in [-0.3, -0.25) is 0 Å². The van der Waals surface area contributed by atoms with Gasteiger partial charge in [-0.25, -0.2) is 0 Å². The molecule has 0 bridgehead atoms. The van der Waals surface area contributed by atoms with Gasteiger partial charge < -0.3 is 9.71 Å². The molecule has 3 aliphatic rings. The Morgan fingerprint density at radius 3 is 2.11 bits per heavy atom. The molecule has 0 amide bonds. The van der Waals surface area contributed by atoms with Gasteiger partial charge in [-0.05, 0) is 102 Å². The predicted molar refractivity (Wildman–Crippen MR) is 187 cm³/mol. The molecule has 0 atom stereocenters. The number of hydrogen-bond donors (Lipinski definition) is 0. The summed E-state index contributed by atoms with van der Waals surface area (Å²) in [5, 5.41) is 0. The Kier molecular flexibility index (Phi) is 5.81. The van der Waals surface area contributed by atoms with Crippen molar-refractivity contribution in [1.82, 2.24) is 0 Å². The summed E-state index contributed by atoms with van der Waals surface area (Å²) in [6, 6.07) is 49.9. The monoisotopic (exact) mass is 564 g/mol. The van der Waals surface area contributed by atoms with Gasteiger partial charge in [0.1, 0.15) is 0 Å². The summed E-state index contributed by atoms with van der Waals surface area (Å²) in [6.07, 6.45) is 4.82. The number of anilines is 5. The lowest BCUT2D eigenvalue weighted by Crippen LogP contribution is -2.61. The zero-order valence-corrected chi connectivity index (χ0v) is 25.0. The highest BCUT2D eigenvalue weighted by Crippen LogP contribution is 2.49. The van der Waals surface area contributed by atoms with Crippen LogP contribution in [0.1, 0.15) is 29.5 Å². The summed E-state index contributed by atoms with van der Waals surface area (Å²) < 4.78 is 0. The average Bonchev–Trinajstić information content (AvgIpc) is 3.09. The fourth-order valence-corrected chi connectivity index (χ4v) is 7.98. The van der Waals surface area contributed by atoms with Crippen LogP contribution in [0.3, 0.4) is 0 Å². The fraction of sp³-hybridized carbons (Fsp3) is 0.122. The van der Waals surface area contributed by atoms with Crippen LogP contribution < -0.4 is 20.6 Å². The first-order valence-corrected chi connectivity index (χ1v) is 16.0. The van der Waals surface area contributed by atoms with Gasteiger partial charge in [0.25, 0.3) is 0 Å². The van der Waals surface area contributed by atoms with Gasteiger partial charge in [0.05, 0.1) is 5.69 Å². The molecule has 1 aliphatic carbocycles. The molecule has 0 spiro atoms. The number of benzene rings is 6. The predicted octanol–water partition coefficient (Wildman–Crippen LogP) is 9.25. The molecule has 0 saturated heterocycles. The van der Waals surface area contributed by atoms with E-state index in [0.29, 0.717) is 0 Å². The number of hydrogen-bond acceptors (Lipinski definition) is 2. The Bertz CT molecular complexity index is 2050.